The van der Waals surface area contributed by atoms with Gasteiger partial charge in [0, 0.05) is 36.3 Å². The number of rotatable bonds is 6. The van der Waals surface area contributed by atoms with E-state index in [1.807, 2.05) is 0 Å². The van der Waals surface area contributed by atoms with Gasteiger partial charge in [0.2, 0.25) is 0 Å². The molecule has 0 bridgehead atoms. The summed E-state index contributed by atoms with van der Waals surface area (Å²) in [7, 11) is 1.46. The van der Waals surface area contributed by atoms with E-state index in [4.69, 9.17) is 4.74 Å². The maximum atomic E-state index is 14.7. The molecular formula is C27H28F3N5O3. The van der Waals surface area contributed by atoms with Crippen LogP contribution in [0.5, 0.6) is 0 Å². The quantitative estimate of drug-likeness (QED) is 0.485. The third kappa shape index (κ3) is 5.61. The molecule has 0 spiro atoms. The Balaban J connectivity index is 1.71. The maximum absolute atomic E-state index is 14.7. The van der Waals surface area contributed by atoms with Crippen molar-refractivity contribution in [2.45, 2.75) is 50.8 Å². The van der Waals surface area contributed by atoms with E-state index in [9.17, 15) is 22.8 Å². The number of carbonyl (C=O) groups is 2. The molecule has 1 N–H and O–H groups in total. The molecule has 2 aromatic heterocycles. The lowest BCUT2D eigenvalue weighted by molar-refractivity contribution is 0.0507. The average molecular weight is 528 g/mol. The molecule has 0 radical (unpaired) electrons. The lowest BCUT2D eigenvalue weighted by Crippen LogP contribution is -2.54. The van der Waals surface area contributed by atoms with Gasteiger partial charge in [0.15, 0.2) is 5.82 Å². The molecule has 2 heterocycles. The van der Waals surface area contributed by atoms with Crippen LogP contribution in [0, 0.1) is 11.6 Å². The van der Waals surface area contributed by atoms with Crippen molar-refractivity contribution in [3.05, 3.63) is 71.6 Å². The number of nitrogens with zero attached hydrogens (tertiary/aromatic N) is 4. The molecule has 0 atom stereocenters. The first kappa shape index (κ1) is 27.0. The van der Waals surface area contributed by atoms with E-state index < -0.39 is 40.8 Å². The number of hydrogen-bond donors (Lipinski definition) is 1. The van der Waals surface area contributed by atoms with Crippen molar-refractivity contribution in [1.29, 1.82) is 0 Å². The Hall–Kier alpha value is -4.02. The van der Waals surface area contributed by atoms with Crippen molar-refractivity contribution in [2.75, 3.05) is 18.5 Å². The minimum Gasteiger partial charge on any atom is -0.443 e. The van der Waals surface area contributed by atoms with E-state index in [1.54, 1.807) is 20.8 Å². The van der Waals surface area contributed by atoms with Gasteiger partial charge in [0.05, 0.1) is 11.4 Å². The van der Waals surface area contributed by atoms with E-state index in [2.05, 4.69) is 20.5 Å². The van der Waals surface area contributed by atoms with Crippen molar-refractivity contribution in [2.24, 2.45) is 0 Å². The molecule has 1 fully saturated rings. The second kappa shape index (κ2) is 10.4. The van der Waals surface area contributed by atoms with Crippen molar-refractivity contribution >= 4 is 17.8 Å². The number of alkyl halides is 1. The summed E-state index contributed by atoms with van der Waals surface area (Å²) >= 11 is 0. The Morgan fingerprint density at radius 2 is 1.84 bits per heavy atom. The SMILES string of the molecule is CNC(=O)c1ccc(F)c(-c2ccc(N(CC3(c4ncccc4F)CC(F)C3)C(=O)OC(C)(C)C)nn2)c1. The second-order valence-corrected chi connectivity index (χ2v) is 10.2. The monoisotopic (exact) mass is 527 g/mol. The molecule has 2 amide bonds. The second-order valence-electron chi connectivity index (χ2n) is 10.2. The van der Waals surface area contributed by atoms with E-state index in [0.717, 1.165) is 6.07 Å². The third-order valence-electron chi connectivity index (χ3n) is 6.22. The van der Waals surface area contributed by atoms with Gasteiger partial charge in [-0.05, 0) is 76.1 Å². The molecule has 4 rings (SSSR count). The fourth-order valence-corrected chi connectivity index (χ4v) is 4.44. The lowest BCUT2D eigenvalue weighted by Gasteiger charge is -2.46. The summed E-state index contributed by atoms with van der Waals surface area (Å²) in [6, 6.07) is 9.40. The summed E-state index contributed by atoms with van der Waals surface area (Å²) in [5.74, 6) is -1.57. The fourth-order valence-electron chi connectivity index (χ4n) is 4.44. The number of ether oxygens (including phenoxy) is 1. The lowest BCUT2D eigenvalue weighted by atomic mass is 9.64. The Bertz CT molecular complexity index is 1340. The van der Waals surface area contributed by atoms with Crippen molar-refractivity contribution < 1.29 is 27.5 Å². The third-order valence-corrected chi connectivity index (χ3v) is 6.22. The van der Waals surface area contributed by atoms with E-state index in [-0.39, 0.29) is 47.7 Å². The number of pyridine rings is 1. The van der Waals surface area contributed by atoms with Gasteiger partial charge in [-0.15, -0.1) is 10.2 Å². The molecular weight excluding hydrogens is 499 g/mol. The summed E-state index contributed by atoms with van der Waals surface area (Å²) in [4.78, 5) is 30.6. The molecule has 8 nitrogen and oxygen atoms in total. The first-order valence-electron chi connectivity index (χ1n) is 12.0. The molecule has 1 aliphatic carbocycles. The standard InChI is InChI=1S/C27H28F3N5O3/c1-26(2,3)38-25(37)35(15-27(13-17(28)14-27)23-20(30)6-5-11-32-23)22-10-9-21(33-34-22)18-12-16(24(36)31-4)7-8-19(18)29/h5-12,17H,13-15H2,1-4H3,(H,31,36). The van der Waals surface area contributed by atoms with Crippen LogP contribution in [0.15, 0.2) is 48.7 Å². The molecule has 1 aromatic carbocycles. The normalized spacial score (nSPS) is 18.9. The van der Waals surface area contributed by atoms with Crippen LogP contribution in [0.3, 0.4) is 0 Å². The highest BCUT2D eigenvalue weighted by Crippen LogP contribution is 2.46. The first-order valence-corrected chi connectivity index (χ1v) is 12.0. The molecule has 38 heavy (non-hydrogen) atoms. The number of anilines is 1. The van der Waals surface area contributed by atoms with Crippen molar-refractivity contribution in [3.63, 3.8) is 0 Å². The highest BCUT2D eigenvalue weighted by atomic mass is 19.1. The first-order chi connectivity index (χ1) is 17.9. The van der Waals surface area contributed by atoms with Gasteiger partial charge < -0.3 is 10.1 Å². The summed E-state index contributed by atoms with van der Waals surface area (Å²) in [6.07, 6.45) is -0.627. The zero-order valence-electron chi connectivity index (χ0n) is 21.5. The highest BCUT2D eigenvalue weighted by molar-refractivity contribution is 5.95. The van der Waals surface area contributed by atoms with Crippen molar-refractivity contribution in [1.82, 2.24) is 20.5 Å². The molecule has 1 aliphatic rings. The molecule has 1 saturated carbocycles. The van der Waals surface area contributed by atoms with Gasteiger partial charge in [-0.2, -0.15) is 0 Å². The Morgan fingerprint density at radius 3 is 2.42 bits per heavy atom. The van der Waals surface area contributed by atoms with Crippen LogP contribution in [-0.2, 0) is 10.2 Å². The Morgan fingerprint density at radius 1 is 1.11 bits per heavy atom. The van der Waals surface area contributed by atoms with Gasteiger partial charge in [-0.3, -0.25) is 14.7 Å². The fraction of sp³-hybridized carbons (Fsp3) is 0.370. The van der Waals surface area contributed by atoms with Crippen molar-refractivity contribution in [3.8, 4) is 11.3 Å². The maximum Gasteiger partial charge on any atom is 0.416 e. The van der Waals surface area contributed by atoms with Crippen LogP contribution in [-0.4, -0.2) is 52.5 Å². The van der Waals surface area contributed by atoms with Gasteiger partial charge in [-0.1, -0.05) is 0 Å². The summed E-state index contributed by atoms with van der Waals surface area (Å²) in [6.45, 7) is 4.91. The van der Waals surface area contributed by atoms with Gasteiger partial charge in [-0.25, -0.2) is 18.0 Å². The number of amides is 2. The Kier molecular flexibility index (Phi) is 7.39. The number of benzene rings is 1. The number of carbonyl (C=O) groups excluding carboxylic acids is 2. The van der Waals surface area contributed by atoms with Crippen LogP contribution in [0.4, 0.5) is 23.8 Å². The number of hydrogen-bond acceptors (Lipinski definition) is 6. The van der Waals surface area contributed by atoms with Crippen LogP contribution in [0.1, 0.15) is 49.7 Å². The predicted molar refractivity (Wildman–Crippen MR) is 134 cm³/mol. The minimum atomic E-state index is -1.18. The summed E-state index contributed by atoms with van der Waals surface area (Å²) in [5.41, 5.74) is -1.51. The summed E-state index contributed by atoms with van der Waals surface area (Å²) in [5, 5.41) is 10.7. The predicted octanol–water partition coefficient (Wildman–Crippen LogP) is 4.99. The number of nitrogens with one attached hydrogen (secondary N) is 1. The number of halogens is 3. The van der Waals surface area contributed by atoms with E-state index in [0.29, 0.717) is 0 Å². The number of aromatic nitrogens is 3. The minimum absolute atomic E-state index is 0.0385. The van der Waals surface area contributed by atoms with Crippen LogP contribution in [0.25, 0.3) is 11.3 Å². The molecule has 0 unspecified atom stereocenters. The van der Waals surface area contributed by atoms with Crippen LogP contribution in [0.2, 0.25) is 0 Å². The van der Waals surface area contributed by atoms with E-state index in [1.165, 1.54) is 54.5 Å². The largest absolute Gasteiger partial charge is 0.443 e. The van der Waals surface area contributed by atoms with Gasteiger partial charge in [0.1, 0.15) is 23.4 Å². The van der Waals surface area contributed by atoms with Crippen LogP contribution >= 0.6 is 0 Å². The molecule has 200 valence electrons. The molecule has 11 heteroatoms. The molecule has 0 saturated heterocycles. The van der Waals surface area contributed by atoms with Gasteiger partial charge >= 0.3 is 6.09 Å². The van der Waals surface area contributed by atoms with Crippen LogP contribution < -0.4 is 10.2 Å². The zero-order valence-corrected chi connectivity index (χ0v) is 21.5. The van der Waals surface area contributed by atoms with E-state index >= 15 is 0 Å². The Labute approximate surface area is 218 Å². The smallest absolute Gasteiger partial charge is 0.416 e. The summed E-state index contributed by atoms with van der Waals surface area (Å²) < 4.78 is 49.0. The molecule has 0 aliphatic heterocycles. The molecule has 3 aromatic rings. The average Bonchev–Trinajstić information content (AvgIpc) is 2.85. The zero-order chi connectivity index (χ0) is 27.7. The highest BCUT2D eigenvalue weighted by Gasteiger charge is 2.51. The topological polar surface area (TPSA) is 97.3 Å². The van der Waals surface area contributed by atoms with Gasteiger partial charge in [0.25, 0.3) is 5.91 Å².